The Labute approximate surface area is 107 Å². The quantitative estimate of drug-likeness (QED) is 0.754. The second kappa shape index (κ2) is 8.30. The topological polar surface area (TPSA) is 3.24 Å². The monoisotopic (exact) mass is 233 g/mol. The van der Waals surface area contributed by atoms with E-state index in [1.54, 1.807) is 0 Å². The Kier molecular flexibility index (Phi) is 6.95. The minimum absolute atomic E-state index is 1.16. The Hall–Kier alpha value is -0.820. The van der Waals surface area contributed by atoms with E-state index in [4.69, 9.17) is 0 Å². The minimum atomic E-state index is 1.16. The van der Waals surface area contributed by atoms with E-state index >= 15 is 0 Å². The summed E-state index contributed by atoms with van der Waals surface area (Å²) >= 11 is 0. The van der Waals surface area contributed by atoms with Gasteiger partial charge in [-0.2, -0.15) is 0 Å². The lowest BCUT2D eigenvalue weighted by atomic mass is 10.0. The molecule has 1 aliphatic rings. The fourth-order valence-corrected chi connectivity index (χ4v) is 2.42. The van der Waals surface area contributed by atoms with Crippen molar-refractivity contribution in [2.45, 2.75) is 53.0 Å². The molecule has 1 aliphatic heterocycles. The largest absolute Gasteiger partial charge is 0.299 e. The van der Waals surface area contributed by atoms with Crippen LogP contribution < -0.4 is 0 Å². The van der Waals surface area contributed by atoms with E-state index in [0.29, 0.717) is 0 Å². The number of hydrogen-bond acceptors (Lipinski definition) is 1. The molecule has 1 heterocycles. The first-order valence-electron chi connectivity index (χ1n) is 7.19. The zero-order valence-electron chi connectivity index (χ0n) is 11.7. The summed E-state index contributed by atoms with van der Waals surface area (Å²) in [5.74, 6) is 0. The lowest BCUT2D eigenvalue weighted by Crippen LogP contribution is -2.29. The molecule has 0 saturated carbocycles. The third kappa shape index (κ3) is 4.51. The van der Waals surface area contributed by atoms with Crippen LogP contribution in [0.2, 0.25) is 0 Å². The predicted molar refractivity (Wildman–Crippen MR) is 76.3 cm³/mol. The third-order valence-electron chi connectivity index (χ3n) is 3.34. The van der Waals surface area contributed by atoms with Gasteiger partial charge in [-0.15, -0.1) is 0 Å². The van der Waals surface area contributed by atoms with Gasteiger partial charge < -0.3 is 0 Å². The number of benzene rings is 1. The van der Waals surface area contributed by atoms with Crippen LogP contribution in [-0.2, 0) is 13.0 Å². The summed E-state index contributed by atoms with van der Waals surface area (Å²) in [5.41, 5.74) is 3.05. The first-order chi connectivity index (χ1) is 8.40. The Bertz CT molecular complexity index is 300. The molecule has 1 aromatic rings. The second-order valence-electron chi connectivity index (χ2n) is 4.46. The van der Waals surface area contributed by atoms with Crippen LogP contribution in [0.5, 0.6) is 0 Å². The number of rotatable bonds is 3. The fraction of sp³-hybridized carbons (Fsp3) is 0.625. The average molecular weight is 233 g/mol. The van der Waals surface area contributed by atoms with Crippen LogP contribution in [-0.4, -0.2) is 18.0 Å². The summed E-state index contributed by atoms with van der Waals surface area (Å²) in [6, 6.07) is 8.86. The van der Waals surface area contributed by atoms with Gasteiger partial charge in [-0.25, -0.2) is 0 Å². The molecule has 0 aliphatic carbocycles. The molecule has 0 radical (unpaired) electrons. The van der Waals surface area contributed by atoms with Gasteiger partial charge in [0.2, 0.25) is 0 Å². The SMILES string of the molecule is CC.CCc1ccccc1CN1CCCCC1. The number of hydrogen-bond donors (Lipinski definition) is 0. The van der Waals surface area contributed by atoms with E-state index < -0.39 is 0 Å². The van der Waals surface area contributed by atoms with Crippen molar-refractivity contribution in [1.82, 2.24) is 4.90 Å². The molecule has 1 nitrogen and oxygen atoms in total. The van der Waals surface area contributed by atoms with Gasteiger partial charge in [-0.3, -0.25) is 4.90 Å². The van der Waals surface area contributed by atoms with Crippen molar-refractivity contribution < 1.29 is 0 Å². The van der Waals surface area contributed by atoms with Gasteiger partial charge in [0.1, 0.15) is 0 Å². The Morgan fingerprint density at radius 2 is 1.53 bits per heavy atom. The van der Waals surface area contributed by atoms with Crippen LogP contribution in [0.15, 0.2) is 24.3 Å². The van der Waals surface area contributed by atoms with E-state index in [0.717, 1.165) is 13.0 Å². The summed E-state index contributed by atoms with van der Waals surface area (Å²) in [6.45, 7) is 9.98. The highest BCUT2D eigenvalue weighted by Gasteiger charge is 2.11. The van der Waals surface area contributed by atoms with Crippen molar-refractivity contribution in [3.8, 4) is 0 Å². The molecule has 0 amide bonds. The van der Waals surface area contributed by atoms with Crippen LogP contribution in [0.4, 0.5) is 0 Å². The van der Waals surface area contributed by atoms with E-state index in [1.165, 1.54) is 43.5 Å². The van der Waals surface area contributed by atoms with Crippen LogP contribution in [0.1, 0.15) is 51.2 Å². The van der Waals surface area contributed by atoms with Crippen LogP contribution in [0.3, 0.4) is 0 Å². The normalized spacial score (nSPS) is 16.2. The van der Waals surface area contributed by atoms with Crippen molar-refractivity contribution in [1.29, 1.82) is 0 Å². The number of likely N-dealkylation sites (tertiary alicyclic amines) is 1. The van der Waals surface area contributed by atoms with Gasteiger partial charge in [0.25, 0.3) is 0 Å². The van der Waals surface area contributed by atoms with Crippen molar-refractivity contribution in [2.75, 3.05) is 13.1 Å². The smallest absolute Gasteiger partial charge is 0.0236 e. The summed E-state index contributed by atoms with van der Waals surface area (Å²) in [7, 11) is 0. The molecule has 1 heteroatoms. The molecule has 0 atom stereocenters. The van der Waals surface area contributed by atoms with Crippen LogP contribution >= 0.6 is 0 Å². The van der Waals surface area contributed by atoms with Gasteiger partial charge in [0.05, 0.1) is 0 Å². The predicted octanol–water partition coefficient (Wildman–Crippen LogP) is 4.26. The second-order valence-corrected chi connectivity index (χ2v) is 4.46. The lowest BCUT2D eigenvalue weighted by Gasteiger charge is -2.27. The maximum atomic E-state index is 2.60. The molecule has 0 N–H and O–H groups in total. The lowest BCUT2D eigenvalue weighted by molar-refractivity contribution is 0.220. The first-order valence-corrected chi connectivity index (χ1v) is 7.19. The highest BCUT2D eigenvalue weighted by atomic mass is 15.1. The van der Waals surface area contributed by atoms with Crippen molar-refractivity contribution in [3.05, 3.63) is 35.4 Å². The van der Waals surface area contributed by atoms with Gasteiger partial charge in [0.15, 0.2) is 0 Å². The standard InChI is InChI=1S/C14H21N.C2H6/c1-2-13-8-4-5-9-14(13)12-15-10-6-3-7-11-15;1-2/h4-5,8-9H,2-3,6-7,10-12H2,1H3;1-2H3. The summed E-state index contributed by atoms with van der Waals surface area (Å²) < 4.78 is 0. The van der Waals surface area contributed by atoms with Gasteiger partial charge in [0, 0.05) is 6.54 Å². The molecular weight excluding hydrogens is 206 g/mol. The number of nitrogens with zero attached hydrogens (tertiary/aromatic N) is 1. The molecule has 0 unspecified atom stereocenters. The summed E-state index contributed by atoms with van der Waals surface area (Å²) in [6.07, 6.45) is 5.35. The molecular formula is C16H27N. The van der Waals surface area contributed by atoms with Gasteiger partial charge in [-0.05, 0) is 43.5 Å². The third-order valence-corrected chi connectivity index (χ3v) is 3.34. The van der Waals surface area contributed by atoms with E-state index in [9.17, 15) is 0 Å². The molecule has 96 valence electrons. The maximum absolute atomic E-state index is 2.60. The zero-order valence-corrected chi connectivity index (χ0v) is 11.7. The molecule has 0 spiro atoms. The average Bonchev–Trinajstić information content (AvgIpc) is 2.43. The maximum Gasteiger partial charge on any atom is 0.0236 e. The number of piperidine rings is 1. The fourth-order valence-electron chi connectivity index (χ4n) is 2.42. The van der Waals surface area contributed by atoms with Crippen LogP contribution in [0, 0.1) is 0 Å². The van der Waals surface area contributed by atoms with E-state index in [2.05, 4.69) is 36.1 Å². The molecule has 0 aromatic heterocycles. The summed E-state index contributed by atoms with van der Waals surface area (Å²) in [5, 5.41) is 0. The van der Waals surface area contributed by atoms with Crippen molar-refractivity contribution >= 4 is 0 Å². The van der Waals surface area contributed by atoms with Gasteiger partial charge >= 0.3 is 0 Å². The Morgan fingerprint density at radius 1 is 0.941 bits per heavy atom. The Morgan fingerprint density at radius 3 is 2.12 bits per heavy atom. The Balaban J connectivity index is 0.000000686. The summed E-state index contributed by atoms with van der Waals surface area (Å²) in [4.78, 5) is 2.60. The van der Waals surface area contributed by atoms with Crippen LogP contribution in [0.25, 0.3) is 0 Å². The molecule has 1 saturated heterocycles. The molecule has 1 fully saturated rings. The molecule has 1 aromatic carbocycles. The van der Waals surface area contributed by atoms with Gasteiger partial charge in [-0.1, -0.05) is 51.5 Å². The van der Waals surface area contributed by atoms with E-state index in [1.807, 2.05) is 13.8 Å². The highest BCUT2D eigenvalue weighted by molar-refractivity contribution is 5.26. The van der Waals surface area contributed by atoms with E-state index in [-0.39, 0.29) is 0 Å². The van der Waals surface area contributed by atoms with Crippen molar-refractivity contribution in [2.24, 2.45) is 0 Å². The minimum Gasteiger partial charge on any atom is -0.299 e. The zero-order chi connectivity index (χ0) is 12.5. The van der Waals surface area contributed by atoms with Crippen molar-refractivity contribution in [3.63, 3.8) is 0 Å². The molecule has 0 bridgehead atoms. The first kappa shape index (κ1) is 14.2. The number of aryl methyl sites for hydroxylation is 1. The molecule has 2 rings (SSSR count). The molecule has 17 heavy (non-hydrogen) atoms. The highest BCUT2D eigenvalue weighted by Crippen LogP contribution is 2.16.